The van der Waals surface area contributed by atoms with E-state index in [1.54, 1.807) is 0 Å². The van der Waals surface area contributed by atoms with Crippen LogP contribution in [0.3, 0.4) is 0 Å². The summed E-state index contributed by atoms with van der Waals surface area (Å²) in [4.78, 5) is 13.9. The smallest absolute Gasteiger partial charge is 0.239 e. The highest BCUT2D eigenvalue weighted by atomic mass is 35.5. The van der Waals surface area contributed by atoms with Gasteiger partial charge in [-0.15, -0.1) is 12.4 Å². The lowest BCUT2D eigenvalue weighted by molar-refractivity contribution is -0.132. The fraction of sp³-hybridized carbons (Fsp3) is 0.917. The van der Waals surface area contributed by atoms with E-state index in [4.69, 9.17) is 0 Å². The predicted octanol–water partition coefficient (Wildman–Crippen LogP) is 0.780. The Morgan fingerprint density at radius 1 is 1.41 bits per heavy atom. The molecule has 100 valence electrons. The minimum Gasteiger partial charge on any atom is -0.392 e. The molecule has 0 spiro atoms. The van der Waals surface area contributed by atoms with Crippen LogP contribution >= 0.6 is 12.4 Å². The molecule has 2 unspecified atom stereocenters. The van der Waals surface area contributed by atoms with Crippen molar-refractivity contribution in [2.45, 2.75) is 44.2 Å². The van der Waals surface area contributed by atoms with Gasteiger partial charge in [0.25, 0.3) is 0 Å². The van der Waals surface area contributed by atoms with Gasteiger partial charge in [-0.1, -0.05) is 12.8 Å². The minimum absolute atomic E-state index is 0. The number of nitrogens with zero attached hydrogens (tertiary/aromatic N) is 1. The van der Waals surface area contributed by atoms with Crippen LogP contribution < -0.4 is 5.32 Å². The lowest BCUT2D eigenvalue weighted by Crippen LogP contribution is -2.43. The summed E-state index contributed by atoms with van der Waals surface area (Å²) in [6.45, 7) is 1.43. The molecule has 0 aromatic carbocycles. The molecule has 1 amide bonds. The molecule has 1 aliphatic heterocycles. The maximum absolute atomic E-state index is 12.0. The van der Waals surface area contributed by atoms with Crippen molar-refractivity contribution < 1.29 is 9.90 Å². The summed E-state index contributed by atoms with van der Waals surface area (Å²) in [6, 6.07) is -0.165. The molecule has 1 saturated carbocycles. The van der Waals surface area contributed by atoms with Gasteiger partial charge in [-0.3, -0.25) is 4.79 Å². The maximum Gasteiger partial charge on any atom is 0.239 e. The summed E-state index contributed by atoms with van der Waals surface area (Å²) in [5.41, 5.74) is 0. The fourth-order valence-corrected chi connectivity index (χ4v) is 2.84. The quantitative estimate of drug-likeness (QED) is 0.790. The van der Waals surface area contributed by atoms with Gasteiger partial charge in [0.05, 0.1) is 12.1 Å². The van der Waals surface area contributed by atoms with Crippen LogP contribution in [0.2, 0.25) is 0 Å². The van der Waals surface area contributed by atoms with Crippen LogP contribution in [-0.2, 0) is 4.79 Å². The number of carbonyl (C=O) groups excluding carboxylic acids is 1. The lowest BCUT2D eigenvalue weighted by atomic mass is 10.1. The van der Waals surface area contributed by atoms with Crippen molar-refractivity contribution in [1.29, 1.82) is 0 Å². The zero-order valence-corrected chi connectivity index (χ0v) is 11.2. The number of nitrogens with one attached hydrogen (secondary N) is 1. The Morgan fingerprint density at radius 3 is 2.59 bits per heavy atom. The molecule has 0 aromatic heterocycles. The molecule has 2 rings (SSSR count). The SMILES string of the molecule is CN(CC1CCCC1)C(=O)C1CC(O)CN1.Cl. The third-order valence-corrected chi connectivity index (χ3v) is 3.79. The molecule has 2 N–H and O–H groups in total. The number of hydrogen-bond donors (Lipinski definition) is 2. The Labute approximate surface area is 109 Å². The Morgan fingerprint density at radius 2 is 2.06 bits per heavy atom. The Balaban J connectivity index is 0.00000144. The molecule has 4 nitrogen and oxygen atoms in total. The van der Waals surface area contributed by atoms with Crippen molar-refractivity contribution in [3.05, 3.63) is 0 Å². The predicted molar refractivity (Wildman–Crippen MR) is 69.3 cm³/mol. The second-order valence-electron chi connectivity index (χ2n) is 5.22. The third kappa shape index (κ3) is 3.83. The largest absolute Gasteiger partial charge is 0.392 e. The Hall–Kier alpha value is -0.320. The summed E-state index contributed by atoms with van der Waals surface area (Å²) < 4.78 is 0. The molecule has 1 aliphatic carbocycles. The first-order chi connectivity index (χ1) is 7.66. The van der Waals surface area contributed by atoms with Gasteiger partial charge < -0.3 is 15.3 Å². The summed E-state index contributed by atoms with van der Waals surface area (Å²) in [7, 11) is 1.88. The van der Waals surface area contributed by atoms with Crippen molar-refractivity contribution in [3.63, 3.8) is 0 Å². The van der Waals surface area contributed by atoms with Crippen LogP contribution in [0.25, 0.3) is 0 Å². The van der Waals surface area contributed by atoms with Gasteiger partial charge in [0.2, 0.25) is 5.91 Å². The molecule has 2 atom stereocenters. The van der Waals surface area contributed by atoms with Crippen LogP contribution in [0, 0.1) is 5.92 Å². The Bertz CT molecular complexity index is 257. The highest BCUT2D eigenvalue weighted by Gasteiger charge is 2.31. The molecule has 17 heavy (non-hydrogen) atoms. The minimum atomic E-state index is -0.353. The summed E-state index contributed by atoms with van der Waals surface area (Å²) in [5, 5.41) is 12.5. The zero-order chi connectivity index (χ0) is 11.5. The van der Waals surface area contributed by atoms with Gasteiger partial charge in [0.15, 0.2) is 0 Å². The van der Waals surface area contributed by atoms with Gasteiger partial charge in [-0.2, -0.15) is 0 Å². The van der Waals surface area contributed by atoms with E-state index in [-0.39, 0.29) is 30.5 Å². The normalized spacial score (nSPS) is 29.1. The van der Waals surface area contributed by atoms with Gasteiger partial charge in [0, 0.05) is 20.1 Å². The zero-order valence-electron chi connectivity index (χ0n) is 10.4. The van der Waals surface area contributed by atoms with Crippen molar-refractivity contribution in [1.82, 2.24) is 10.2 Å². The van der Waals surface area contributed by atoms with Crippen LogP contribution in [0.1, 0.15) is 32.1 Å². The van der Waals surface area contributed by atoms with E-state index in [2.05, 4.69) is 5.32 Å². The molecular formula is C12H23ClN2O2. The average Bonchev–Trinajstić information content (AvgIpc) is 2.88. The van der Waals surface area contributed by atoms with Crippen molar-refractivity contribution >= 4 is 18.3 Å². The number of rotatable bonds is 3. The molecular weight excluding hydrogens is 240 g/mol. The number of aliphatic hydroxyl groups excluding tert-OH is 1. The second kappa shape index (κ2) is 6.57. The van der Waals surface area contributed by atoms with E-state index in [9.17, 15) is 9.90 Å². The van der Waals surface area contributed by atoms with Crippen molar-refractivity contribution in [2.24, 2.45) is 5.92 Å². The highest BCUT2D eigenvalue weighted by molar-refractivity contribution is 5.85. The molecule has 0 bridgehead atoms. The number of aliphatic hydroxyl groups is 1. The maximum atomic E-state index is 12.0. The number of β-amino-alcohol motifs (C(OH)–C–C–N with tert-alkyl or cyclic N) is 1. The molecule has 5 heteroatoms. The Kier molecular flexibility index (Phi) is 5.70. The van der Waals surface area contributed by atoms with E-state index < -0.39 is 0 Å². The summed E-state index contributed by atoms with van der Waals surface area (Å²) in [6.07, 6.45) is 5.36. The van der Waals surface area contributed by atoms with E-state index in [0.29, 0.717) is 18.9 Å². The molecule has 2 fully saturated rings. The van der Waals surface area contributed by atoms with E-state index >= 15 is 0 Å². The summed E-state index contributed by atoms with van der Waals surface area (Å²) >= 11 is 0. The molecule has 1 saturated heterocycles. The van der Waals surface area contributed by atoms with E-state index in [1.165, 1.54) is 25.7 Å². The lowest BCUT2D eigenvalue weighted by Gasteiger charge is -2.24. The van der Waals surface area contributed by atoms with Crippen LogP contribution in [-0.4, -0.2) is 48.2 Å². The van der Waals surface area contributed by atoms with E-state index in [1.807, 2.05) is 11.9 Å². The van der Waals surface area contributed by atoms with E-state index in [0.717, 1.165) is 6.54 Å². The van der Waals surface area contributed by atoms with Gasteiger partial charge >= 0.3 is 0 Å². The van der Waals surface area contributed by atoms with Crippen LogP contribution in [0.15, 0.2) is 0 Å². The van der Waals surface area contributed by atoms with Gasteiger partial charge in [-0.25, -0.2) is 0 Å². The van der Waals surface area contributed by atoms with Crippen molar-refractivity contribution in [3.8, 4) is 0 Å². The highest BCUT2D eigenvalue weighted by Crippen LogP contribution is 2.25. The molecule has 1 heterocycles. The molecule has 0 radical (unpaired) electrons. The standard InChI is InChI=1S/C12H22N2O2.ClH/c1-14(8-9-4-2-3-5-9)12(16)11-6-10(15)7-13-11;/h9-11,13,15H,2-8H2,1H3;1H. The summed E-state index contributed by atoms with van der Waals surface area (Å²) in [5.74, 6) is 0.837. The first-order valence-corrected chi connectivity index (χ1v) is 6.33. The average molecular weight is 263 g/mol. The topological polar surface area (TPSA) is 52.6 Å². The van der Waals surface area contributed by atoms with Crippen LogP contribution in [0.4, 0.5) is 0 Å². The van der Waals surface area contributed by atoms with Gasteiger partial charge in [0.1, 0.15) is 0 Å². The first-order valence-electron chi connectivity index (χ1n) is 6.33. The number of hydrogen-bond acceptors (Lipinski definition) is 3. The van der Waals surface area contributed by atoms with Gasteiger partial charge in [-0.05, 0) is 25.2 Å². The second-order valence-corrected chi connectivity index (χ2v) is 5.22. The van der Waals surface area contributed by atoms with Crippen molar-refractivity contribution in [2.75, 3.05) is 20.1 Å². The third-order valence-electron chi connectivity index (χ3n) is 3.79. The fourth-order valence-electron chi connectivity index (χ4n) is 2.84. The number of amides is 1. The number of carbonyl (C=O) groups is 1. The number of halogens is 1. The molecule has 0 aromatic rings. The first kappa shape index (κ1) is 14.7. The molecule has 2 aliphatic rings. The number of likely N-dealkylation sites (N-methyl/N-ethyl adjacent to an activating group) is 1. The monoisotopic (exact) mass is 262 g/mol. The van der Waals surface area contributed by atoms with Crippen LogP contribution in [0.5, 0.6) is 0 Å².